The van der Waals surface area contributed by atoms with E-state index in [1.54, 1.807) is 12.5 Å². The van der Waals surface area contributed by atoms with Gasteiger partial charge in [0.25, 0.3) is 0 Å². The van der Waals surface area contributed by atoms with E-state index in [9.17, 15) is 4.79 Å². The van der Waals surface area contributed by atoms with Crippen molar-refractivity contribution in [3.8, 4) is 0 Å². The number of aromatic nitrogens is 1. The van der Waals surface area contributed by atoms with Crippen LogP contribution in [0, 0.1) is 5.92 Å². The van der Waals surface area contributed by atoms with Gasteiger partial charge in [-0.25, -0.2) is 4.98 Å². The quantitative estimate of drug-likeness (QED) is 0.935. The highest BCUT2D eigenvalue weighted by Crippen LogP contribution is 2.21. The second-order valence-electron chi connectivity index (χ2n) is 5.25. The molecule has 0 atom stereocenters. The minimum Gasteiger partial charge on any atom is -0.467 e. The molecular formula is C16H19N3O2. The van der Waals surface area contributed by atoms with Gasteiger partial charge in [0, 0.05) is 25.2 Å². The standard InChI is InChI=1S/C16H19N3O2/c20-16(18-12-14-4-3-11-21-14)13-6-9-19(10-7-13)15-5-1-2-8-17-15/h1-5,8,11,13H,6-7,9-10,12H2,(H,18,20). The van der Waals surface area contributed by atoms with E-state index in [1.165, 1.54) is 0 Å². The number of nitrogens with zero attached hydrogens (tertiary/aromatic N) is 2. The number of hydrogen-bond acceptors (Lipinski definition) is 4. The topological polar surface area (TPSA) is 58.4 Å². The van der Waals surface area contributed by atoms with Crippen molar-refractivity contribution < 1.29 is 9.21 Å². The number of hydrogen-bond donors (Lipinski definition) is 1. The molecule has 3 heterocycles. The molecule has 5 nitrogen and oxygen atoms in total. The number of carbonyl (C=O) groups is 1. The number of furan rings is 1. The van der Waals surface area contributed by atoms with E-state index < -0.39 is 0 Å². The fourth-order valence-electron chi connectivity index (χ4n) is 2.64. The summed E-state index contributed by atoms with van der Waals surface area (Å²) in [5, 5.41) is 2.94. The van der Waals surface area contributed by atoms with Crippen molar-refractivity contribution in [1.29, 1.82) is 0 Å². The van der Waals surface area contributed by atoms with Crippen molar-refractivity contribution in [1.82, 2.24) is 10.3 Å². The van der Waals surface area contributed by atoms with Crippen LogP contribution in [0.15, 0.2) is 47.2 Å². The van der Waals surface area contributed by atoms with Crippen molar-refractivity contribution in [3.05, 3.63) is 48.6 Å². The number of carbonyl (C=O) groups excluding carboxylic acids is 1. The Bertz CT molecular complexity index is 560. The predicted octanol–water partition coefficient (Wildman–Crippen LogP) is 2.21. The van der Waals surface area contributed by atoms with Crippen molar-refractivity contribution in [2.45, 2.75) is 19.4 Å². The summed E-state index contributed by atoms with van der Waals surface area (Å²) < 4.78 is 5.21. The van der Waals surface area contributed by atoms with Gasteiger partial charge in [0.2, 0.25) is 5.91 Å². The molecule has 110 valence electrons. The molecule has 0 aliphatic carbocycles. The summed E-state index contributed by atoms with van der Waals surface area (Å²) in [6, 6.07) is 9.61. The van der Waals surface area contributed by atoms with Gasteiger partial charge in [-0.1, -0.05) is 6.07 Å². The summed E-state index contributed by atoms with van der Waals surface area (Å²) in [5.41, 5.74) is 0. The highest BCUT2D eigenvalue weighted by molar-refractivity contribution is 5.78. The predicted molar refractivity (Wildman–Crippen MR) is 79.7 cm³/mol. The van der Waals surface area contributed by atoms with Crippen LogP contribution >= 0.6 is 0 Å². The van der Waals surface area contributed by atoms with E-state index >= 15 is 0 Å². The van der Waals surface area contributed by atoms with Crippen LogP contribution in [0.1, 0.15) is 18.6 Å². The van der Waals surface area contributed by atoms with Gasteiger partial charge in [0.1, 0.15) is 11.6 Å². The highest BCUT2D eigenvalue weighted by Gasteiger charge is 2.25. The van der Waals surface area contributed by atoms with Gasteiger partial charge in [0.15, 0.2) is 0 Å². The normalized spacial score (nSPS) is 15.9. The maximum absolute atomic E-state index is 12.1. The highest BCUT2D eigenvalue weighted by atomic mass is 16.3. The maximum Gasteiger partial charge on any atom is 0.223 e. The van der Waals surface area contributed by atoms with Gasteiger partial charge in [0.05, 0.1) is 12.8 Å². The third-order valence-corrected chi connectivity index (χ3v) is 3.86. The van der Waals surface area contributed by atoms with E-state index in [1.807, 2.05) is 30.3 Å². The van der Waals surface area contributed by atoms with Crippen molar-refractivity contribution in [2.75, 3.05) is 18.0 Å². The van der Waals surface area contributed by atoms with Crippen LogP contribution in [0.5, 0.6) is 0 Å². The number of pyridine rings is 1. The molecule has 2 aromatic rings. The molecule has 1 amide bonds. The molecule has 2 aromatic heterocycles. The molecule has 1 aliphatic heterocycles. The van der Waals surface area contributed by atoms with Crippen LogP contribution in [0.2, 0.25) is 0 Å². The zero-order chi connectivity index (χ0) is 14.5. The van der Waals surface area contributed by atoms with E-state index in [0.29, 0.717) is 6.54 Å². The summed E-state index contributed by atoms with van der Waals surface area (Å²) in [7, 11) is 0. The zero-order valence-electron chi connectivity index (χ0n) is 11.9. The molecule has 1 aliphatic rings. The second-order valence-corrected chi connectivity index (χ2v) is 5.25. The summed E-state index contributed by atoms with van der Waals surface area (Å²) in [6.07, 6.45) is 5.14. The Morgan fingerprint density at radius 1 is 1.29 bits per heavy atom. The molecule has 0 aromatic carbocycles. The lowest BCUT2D eigenvalue weighted by Crippen LogP contribution is -2.40. The molecule has 1 fully saturated rings. The number of piperidine rings is 1. The zero-order valence-corrected chi connectivity index (χ0v) is 11.9. The Kier molecular flexibility index (Phi) is 4.19. The van der Waals surface area contributed by atoms with Crippen molar-refractivity contribution in [3.63, 3.8) is 0 Å². The van der Waals surface area contributed by atoms with Crippen LogP contribution in [-0.4, -0.2) is 24.0 Å². The minimum absolute atomic E-state index is 0.0833. The smallest absolute Gasteiger partial charge is 0.223 e. The molecule has 0 bridgehead atoms. The molecule has 21 heavy (non-hydrogen) atoms. The monoisotopic (exact) mass is 285 g/mol. The van der Waals surface area contributed by atoms with Gasteiger partial charge in [-0.2, -0.15) is 0 Å². The van der Waals surface area contributed by atoms with E-state index in [4.69, 9.17) is 4.42 Å². The van der Waals surface area contributed by atoms with Crippen LogP contribution in [0.4, 0.5) is 5.82 Å². The SMILES string of the molecule is O=C(NCc1ccco1)C1CCN(c2ccccn2)CC1. The maximum atomic E-state index is 12.1. The molecule has 0 radical (unpaired) electrons. The number of nitrogens with one attached hydrogen (secondary N) is 1. The first kappa shape index (κ1) is 13.7. The number of amides is 1. The third kappa shape index (κ3) is 3.42. The summed E-state index contributed by atoms with van der Waals surface area (Å²) >= 11 is 0. The molecule has 0 saturated carbocycles. The Hall–Kier alpha value is -2.30. The van der Waals surface area contributed by atoms with E-state index in [-0.39, 0.29) is 11.8 Å². The van der Waals surface area contributed by atoms with Crippen LogP contribution in [0.25, 0.3) is 0 Å². The number of rotatable bonds is 4. The molecule has 5 heteroatoms. The Morgan fingerprint density at radius 3 is 2.81 bits per heavy atom. The lowest BCUT2D eigenvalue weighted by atomic mass is 9.96. The summed E-state index contributed by atoms with van der Waals surface area (Å²) in [4.78, 5) is 18.7. The van der Waals surface area contributed by atoms with Gasteiger partial charge in [-0.15, -0.1) is 0 Å². The van der Waals surface area contributed by atoms with Crippen LogP contribution in [0.3, 0.4) is 0 Å². The first-order chi connectivity index (χ1) is 10.3. The third-order valence-electron chi connectivity index (χ3n) is 3.86. The van der Waals surface area contributed by atoms with Crippen molar-refractivity contribution >= 4 is 11.7 Å². The first-order valence-electron chi connectivity index (χ1n) is 7.29. The average molecular weight is 285 g/mol. The van der Waals surface area contributed by atoms with Crippen molar-refractivity contribution in [2.24, 2.45) is 5.92 Å². The summed E-state index contributed by atoms with van der Waals surface area (Å²) in [5.74, 6) is 1.98. The second kappa shape index (κ2) is 6.43. The van der Waals surface area contributed by atoms with Gasteiger partial charge >= 0.3 is 0 Å². The molecule has 1 saturated heterocycles. The largest absolute Gasteiger partial charge is 0.467 e. The summed E-state index contributed by atoms with van der Waals surface area (Å²) in [6.45, 7) is 2.21. The lowest BCUT2D eigenvalue weighted by molar-refractivity contribution is -0.125. The van der Waals surface area contributed by atoms with Gasteiger partial charge in [-0.3, -0.25) is 4.79 Å². The van der Waals surface area contributed by atoms with Crippen LogP contribution in [-0.2, 0) is 11.3 Å². The average Bonchev–Trinajstić information content (AvgIpc) is 3.07. The fraction of sp³-hybridized carbons (Fsp3) is 0.375. The van der Waals surface area contributed by atoms with Gasteiger partial charge in [-0.05, 0) is 37.1 Å². The Morgan fingerprint density at radius 2 is 2.14 bits per heavy atom. The first-order valence-corrected chi connectivity index (χ1v) is 7.29. The van der Waals surface area contributed by atoms with E-state index in [2.05, 4.69) is 15.2 Å². The molecule has 0 unspecified atom stereocenters. The van der Waals surface area contributed by atoms with Crippen LogP contribution < -0.4 is 10.2 Å². The fourth-order valence-corrected chi connectivity index (χ4v) is 2.64. The molecular weight excluding hydrogens is 266 g/mol. The molecule has 3 rings (SSSR count). The Balaban J connectivity index is 1.48. The Labute approximate surface area is 124 Å². The molecule has 0 spiro atoms. The molecule has 1 N–H and O–H groups in total. The van der Waals surface area contributed by atoms with Gasteiger partial charge < -0.3 is 14.6 Å². The minimum atomic E-state index is 0.0833. The van der Waals surface area contributed by atoms with E-state index in [0.717, 1.165) is 37.5 Å². The number of anilines is 1. The lowest BCUT2D eigenvalue weighted by Gasteiger charge is -2.32.